The summed E-state index contributed by atoms with van der Waals surface area (Å²) in [7, 11) is 0. The van der Waals surface area contributed by atoms with Crippen LogP contribution in [0.5, 0.6) is 0 Å². The molecule has 3 aromatic rings. The molecule has 0 radical (unpaired) electrons. The molecule has 4 heteroatoms. The quantitative estimate of drug-likeness (QED) is 0.641. The van der Waals surface area contributed by atoms with Crippen LogP contribution in [0.25, 0.3) is 21.8 Å². The molecule has 0 amide bonds. The summed E-state index contributed by atoms with van der Waals surface area (Å²) in [5, 5.41) is 2.56. The highest BCUT2D eigenvalue weighted by molar-refractivity contribution is 9.10. The van der Waals surface area contributed by atoms with E-state index in [1.165, 1.54) is 0 Å². The van der Waals surface area contributed by atoms with E-state index in [2.05, 4.69) is 25.9 Å². The molecule has 0 saturated heterocycles. The van der Waals surface area contributed by atoms with Gasteiger partial charge in [0.15, 0.2) is 0 Å². The van der Waals surface area contributed by atoms with Crippen LogP contribution >= 0.6 is 15.9 Å². The summed E-state index contributed by atoms with van der Waals surface area (Å²) < 4.78 is 0.900. The van der Waals surface area contributed by atoms with Crippen molar-refractivity contribution in [2.45, 2.75) is 0 Å². The van der Waals surface area contributed by atoms with Crippen molar-refractivity contribution in [3.63, 3.8) is 0 Å². The second-order valence-corrected chi connectivity index (χ2v) is 4.47. The van der Waals surface area contributed by atoms with E-state index in [-0.39, 0.29) is 5.56 Å². The van der Waals surface area contributed by atoms with E-state index in [1.54, 1.807) is 6.20 Å². The molecule has 2 heterocycles. The Bertz CT molecular complexity index is 749. The topological polar surface area (TPSA) is 45.8 Å². The lowest BCUT2D eigenvalue weighted by Crippen LogP contribution is -2.06. The first-order chi connectivity index (χ1) is 7.75. The molecule has 0 bridgehead atoms. The normalized spacial score (nSPS) is 11.1. The summed E-state index contributed by atoms with van der Waals surface area (Å²) in [5.74, 6) is 0. The zero-order valence-corrected chi connectivity index (χ0v) is 9.78. The molecule has 0 spiro atoms. The summed E-state index contributed by atoms with van der Waals surface area (Å²) in [5.41, 5.74) is 0.518. The highest BCUT2D eigenvalue weighted by Crippen LogP contribution is 2.22. The summed E-state index contributed by atoms with van der Waals surface area (Å²) in [6.07, 6.45) is 1.67. The number of halogens is 1. The van der Waals surface area contributed by atoms with Crippen LogP contribution in [0.2, 0.25) is 0 Å². The number of rotatable bonds is 0. The van der Waals surface area contributed by atoms with Gasteiger partial charge in [-0.05, 0) is 33.4 Å². The van der Waals surface area contributed by atoms with Crippen molar-refractivity contribution in [2.75, 3.05) is 0 Å². The van der Waals surface area contributed by atoms with Gasteiger partial charge in [0.1, 0.15) is 5.65 Å². The molecular formula is C12H7BrN2O. The first kappa shape index (κ1) is 9.54. The summed E-state index contributed by atoms with van der Waals surface area (Å²) in [6, 6.07) is 9.48. The smallest absolute Gasteiger partial charge is 0.257 e. The number of fused-ring (bicyclic) bond motifs is 3. The second-order valence-electron chi connectivity index (χ2n) is 3.55. The minimum atomic E-state index is -0.0991. The number of aromatic nitrogens is 2. The Morgan fingerprint density at radius 3 is 2.69 bits per heavy atom. The summed E-state index contributed by atoms with van der Waals surface area (Å²) >= 11 is 3.38. The Morgan fingerprint density at radius 2 is 1.88 bits per heavy atom. The molecule has 3 rings (SSSR count). The van der Waals surface area contributed by atoms with Crippen LogP contribution in [0.4, 0.5) is 0 Å². The van der Waals surface area contributed by atoms with Crippen LogP contribution in [0, 0.1) is 0 Å². The first-order valence-corrected chi connectivity index (χ1v) is 5.61. The Kier molecular flexibility index (Phi) is 2.04. The molecule has 0 aliphatic heterocycles. The Balaban J connectivity index is 2.66. The molecular weight excluding hydrogens is 268 g/mol. The van der Waals surface area contributed by atoms with Crippen molar-refractivity contribution in [3.8, 4) is 0 Å². The lowest BCUT2D eigenvalue weighted by atomic mass is 10.1. The van der Waals surface area contributed by atoms with E-state index in [4.69, 9.17) is 0 Å². The fourth-order valence-electron chi connectivity index (χ4n) is 1.84. The van der Waals surface area contributed by atoms with Gasteiger partial charge in [-0.25, -0.2) is 4.98 Å². The predicted molar refractivity (Wildman–Crippen MR) is 67.6 cm³/mol. The molecule has 1 N–H and O–H groups in total. The van der Waals surface area contributed by atoms with Crippen LogP contribution in [0.3, 0.4) is 0 Å². The van der Waals surface area contributed by atoms with Gasteiger partial charge >= 0.3 is 0 Å². The predicted octanol–water partition coefficient (Wildman–Crippen LogP) is 2.84. The van der Waals surface area contributed by atoms with Gasteiger partial charge in [0.25, 0.3) is 5.56 Å². The average molecular weight is 275 g/mol. The van der Waals surface area contributed by atoms with Gasteiger partial charge in [0, 0.05) is 21.4 Å². The molecule has 1 aromatic carbocycles. The Hall–Kier alpha value is -1.68. The Morgan fingerprint density at radius 1 is 1.12 bits per heavy atom. The molecule has 0 unspecified atom stereocenters. The second kappa shape index (κ2) is 3.42. The van der Waals surface area contributed by atoms with Gasteiger partial charge in [-0.15, -0.1) is 0 Å². The van der Waals surface area contributed by atoms with Crippen molar-refractivity contribution in [3.05, 3.63) is 51.4 Å². The average Bonchev–Trinajstić information content (AvgIpc) is 2.31. The number of aromatic amines is 1. The minimum Gasteiger partial charge on any atom is -0.306 e. The van der Waals surface area contributed by atoms with Crippen LogP contribution in [0.1, 0.15) is 0 Å². The standard InChI is InChI=1S/C12H7BrN2O/c13-7-5-10-8-3-1-2-4-9(8)12(16)15-11(10)14-6-7/h1-6H,(H,14,15,16). The largest absolute Gasteiger partial charge is 0.306 e. The molecule has 78 valence electrons. The molecule has 2 aromatic heterocycles. The number of hydrogen-bond donors (Lipinski definition) is 1. The van der Waals surface area contributed by atoms with Crippen LogP contribution in [-0.4, -0.2) is 9.97 Å². The number of nitrogens with zero attached hydrogens (tertiary/aromatic N) is 1. The summed E-state index contributed by atoms with van der Waals surface area (Å²) in [6.45, 7) is 0. The molecule has 0 aliphatic carbocycles. The third-order valence-corrected chi connectivity index (χ3v) is 2.98. The lowest BCUT2D eigenvalue weighted by Gasteiger charge is -2.02. The van der Waals surface area contributed by atoms with Gasteiger partial charge in [-0.1, -0.05) is 18.2 Å². The molecule has 0 saturated carbocycles. The molecule has 0 atom stereocenters. The van der Waals surface area contributed by atoms with Crippen molar-refractivity contribution >= 4 is 37.7 Å². The number of pyridine rings is 2. The van der Waals surface area contributed by atoms with E-state index in [1.807, 2.05) is 30.3 Å². The summed E-state index contributed by atoms with van der Waals surface area (Å²) in [4.78, 5) is 18.7. The molecule has 3 nitrogen and oxygen atoms in total. The van der Waals surface area contributed by atoms with Gasteiger partial charge in [0.05, 0.1) is 0 Å². The van der Waals surface area contributed by atoms with E-state index in [0.717, 1.165) is 15.2 Å². The number of H-pyrrole nitrogens is 1. The lowest BCUT2D eigenvalue weighted by molar-refractivity contribution is 1.25. The maximum atomic E-state index is 11.8. The number of benzene rings is 1. The van der Waals surface area contributed by atoms with Gasteiger partial charge in [-0.3, -0.25) is 4.79 Å². The van der Waals surface area contributed by atoms with E-state index >= 15 is 0 Å². The highest BCUT2D eigenvalue weighted by atomic mass is 79.9. The van der Waals surface area contributed by atoms with Crippen molar-refractivity contribution in [2.24, 2.45) is 0 Å². The monoisotopic (exact) mass is 274 g/mol. The zero-order valence-electron chi connectivity index (χ0n) is 8.20. The third-order valence-electron chi connectivity index (χ3n) is 2.55. The van der Waals surface area contributed by atoms with Gasteiger partial charge < -0.3 is 4.98 Å². The van der Waals surface area contributed by atoms with E-state index in [9.17, 15) is 4.79 Å². The van der Waals surface area contributed by atoms with Crippen LogP contribution < -0.4 is 5.56 Å². The molecule has 0 aliphatic rings. The molecule has 16 heavy (non-hydrogen) atoms. The van der Waals surface area contributed by atoms with Gasteiger partial charge in [-0.2, -0.15) is 0 Å². The Labute approximate surface area is 99.3 Å². The fraction of sp³-hybridized carbons (Fsp3) is 0. The van der Waals surface area contributed by atoms with Crippen molar-refractivity contribution in [1.82, 2.24) is 9.97 Å². The van der Waals surface area contributed by atoms with Gasteiger partial charge in [0.2, 0.25) is 0 Å². The van der Waals surface area contributed by atoms with Crippen LogP contribution in [0.15, 0.2) is 45.8 Å². The SMILES string of the molecule is O=c1[nH]c2ncc(Br)cc2c2ccccc12. The van der Waals surface area contributed by atoms with Crippen LogP contribution in [-0.2, 0) is 0 Å². The number of nitrogens with one attached hydrogen (secondary N) is 1. The van der Waals surface area contributed by atoms with E-state index in [0.29, 0.717) is 11.0 Å². The molecule has 0 fully saturated rings. The third kappa shape index (κ3) is 1.34. The first-order valence-electron chi connectivity index (χ1n) is 4.82. The van der Waals surface area contributed by atoms with E-state index < -0.39 is 0 Å². The minimum absolute atomic E-state index is 0.0991. The maximum Gasteiger partial charge on any atom is 0.257 e. The fourth-order valence-corrected chi connectivity index (χ4v) is 2.17. The maximum absolute atomic E-state index is 11.8. The van der Waals surface area contributed by atoms with Crippen molar-refractivity contribution in [1.29, 1.82) is 0 Å². The number of hydrogen-bond acceptors (Lipinski definition) is 2. The highest BCUT2D eigenvalue weighted by Gasteiger charge is 2.05. The zero-order chi connectivity index (χ0) is 11.1. The van der Waals surface area contributed by atoms with Crippen molar-refractivity contribution < 1.29 is 0 Å².